The Kier molecular flexibility index (Phi) is 5.86. The van der Waals surface area contributed by atoms with Gasteiger partial charge in [-0.15, -0.1) is 0 Å². The van der Waals surface area contributed by atoms with Gasteiger partial charge < -0.3 is 5.32 Å². The van der Waals surface area contributed by atoms with Crippen LogP contribution in [0.15, 0.2) is 53.5 Å². The monoisotopic (exact) mass is 407 g/mol. The van der Waals surface area contributed by atoms with Crippen LogP contribution in [0, 0.1) is 0 Å². The molecule has 2 amide bonds. The van der Waals surface area contributed by atoms with Crippen LogP contribution in [0.4, 0.5) is 11.4 Å². The molecule has 2 aromatic carbocycles. The molecule has 1 heterocycles. The van der Waals surface area contributed by atoms with E-state index in [0.29, 0.717) is 20.9 Å². The molecule has 0 unspecified atom stereocenters. The molecule has 1 atom stereocenters. The predicted octanol–water partition coefficient (Wildman–Crippen LogP) is 4.46. The van der Waals surface area contributed by atoms with Gasteiger partial charge in [-0.25, -0.2) is 4.90 Å². The predicted molar refractivity (Wildman–Crippen MR) is 108 cm³/mol. The average molecular weight is 408 g/mol. The highest BCUT2D eigenvalue weighted by atomic mass is 35.5. The van der Waals surface area contributed by atoms with Gasteiger partial charge in [0.1, 0.15) is 5.25 Å². The Balaban J connectivity index is 1.71. The number of nitrogens with zero attached hydrogens (tertiary/aromatic N) is 2. The maximum absolute atomic E-state index is 12.7. The first kappa shape index (κ1) is 18.8. The van der Waals surface area contributed by atoms with E-state index in [1.807, 2.05) is 12.1 Å². The Morgan fingerprint density at radius 1 is 1.08 bits per heavy atom. The summed E-state index contributed by atoms with van der Waals surface area (Å²) in [5.74, 6) is -0.502. The largest absolute Gasteiger partial charge is 0.335 e. The molecular weight excluding hydrogens is 393 g/mol. The Hall–Kier alpha value is -2.02. The van der Waals surface area contributed by atoms with Crippen LogP contribution in [0.2, 0.25) is 10.0 Å². The van der Waals surface area contributed by atoms with Crippen molar-refractivity contribution >= 4 is 63.3 Å². The van der Waals surface area contributed by atoms with Gasteiger partial charge in [0, 0.05) is 29.2 Å². The third-order valence-electron chi connectivity index (χ3n) is 3.74. The third kappa shape index (κ3) is 4.20. The number of amidine groups is 1. The molecule has 2 aromatic rings. The van der Waals surface area contributed by atoms with Gasteiger partial charge >= 0.3 is 0 Å². The highest BCUT2D eigenvalue weighted by Crippen LogP contribution is 2.31. The van der Waals surface area contributed by atoms with E-state index in [9.17, 15) is 9.59 Å². The van der Waals surface area contributed by atoms with Gasteiger partial charge in [-0.05, 0) is 48.5 Å². The van der Waals surface area contributed by atoms with Gasteiger partial charge in [-0.1, -0.05) is 35.0 Å². The number of benzene rings is 2. The Morgan fingerprint density at radius 2 is 1.65 bits per heavy atom. The van der Waals surface area contributed by atoms with E-state index in [-0.39, 0.29) is 18.2 Å². The average Bonchev–Trinajstić information content (AvgIpc) is 2.91. The summed E-state index contributed by atoms with van der Waals surface area (Å²) in [6.45, 7) is 0. The molecule has 0 radical (unpaired) electrons. The van der Waals surface area contributed by atoms with Crippen molar-refractivity contribution in [1.29, 1.82) is 0 Å². The molecule has 3 rings (SSSR count). The van der Waals surface area contributed by atoms with Crippen molar-refractivity contribution in [3.05, 3.63) is 58.6 Å². The first-order chi connectivity index (χ1) is 12.5. The summed E-state index contributed by atoms with van der Waals surface area (Å²) >= 11 is 13.0. The maximum Gasteiger partial charge on any atom is 0.247 e. The van der Waals surface area contributed by atoms with Gasteiger partial charge in [0.25, 0.3) is 0 Å². The number of imide groups is 1. The lowest BCUT2D eigenvalue weighted by Crippen LogP contribution is -2.31. The molecule has 1 aliphatic rings. The van der Waals surface area contributed by atoms with Crippen LogP contribution >= 0.6 is 35.0 Å². The summed E-state index contributed by atoms with van der Waals surface area (Å²) in [4.78, 5) is 30.4. The minimum absolute atomic E-state index is 0.118. The van der Waals surface area contributed by atoms with E-state index in [4.69, 9.17) is 23.2 Å². The molecule has 134 valence electrons. The smallest absolute Gasteiger partial charge is 0.247 e. The fourth-order valence-electron chi connectivity index (χ4n) is 2.49. The number of carbonyl (C=O) groups excluding carboxylic acids is 2. The van der Waals surface area contributed by atoms with Crippen LogP contribution in [0.5, 0.6) is 0 Å². The summed E-state index contributed by atoms with van der Waals surface area (Å²) in [5.41, 5.74) is 1.32. The minimum atomic E-state index is -0.531. The second-order valence-electron chi connectivity index (χ2n) is 5.52. The molecule has 26 heavy (non-hydrogen) atoms. The standard InChI is InChI=1S/C18H15Cl2N3O2S/c1-21-18(22-13-6-2-11(19)3-7-13)26-15-10-16(24)23(17(15)25)14-8-4-12(20)5-9-14/h2-9,15H,10H2,1H3,(H,21,22)/t15-/m0/s1. The second-order valence-corrected chi connectivity index (χ2v) is 7.58. The van der Waals surface area contributed by atoms with Crippen molar-refractivity contribution in [1.82, 2.24) is 0 Å². The van der Waals surface area contributed by atoms with E-state index in [1.165, 1.54) is 16.7 Å². The van der Waals surface area contributed by atoms with Gasteiger partial charge in [0.15, 0.2) is 5.17 Å². The normalized spacial score (nSPS) is 17.7. The molecule has 0 aliphatic carbocycles. The molecule has 0 aromatic heterocycles. The molecule has 0 saturated carbocycles. The highest BCUT2D eigenvalue weighted by molar-refractivity contribution is 8.15. The van der Waals surface area contributed by atoms with E-state index >= 15 is 0 Å². The number of hydrogen-bond donors (Lipinski definition) is 1. The van der Waals surface area contributed by atoms with E-state index in [1.54, 1.807) is 43.4 Å². The number of anilines is 2. The van der Waals surface area contributed by atoms with E-state index < -0.39 is 5.25 Å². The quantitative estimate of drug-likeness (QED) is 0.463. The summed E-state index contributed by atoms with van der Waals surface area (Å²) in [7, 11) is 1.63. The van der Waals surface area contributed by atoms with Crippen LogP contribution in [0.25, 0.3) is 0 Å². The van der Waals surface area contributed by atoms with Crippen LogP contribution in [-0.2, 0) is 9.59 Å². The Morgan fingerprint density at radius 3 is 2.23 bits per heavy atom. The number of amides is 2. The number of rotatable bonds is 3. The number of aliphatic imine (C=N–C) groups is 1. The molecular formula is C18H15Cl2N3O2S. The maximum atomic E-state index is 12.7. The minimum Gasteiger partial charge on any atom is -0.335 e. The number of halogens is 2. The van der Waals surface area contributed by atoms with Crippen molar-refractivity contribution in [2.24, 2.45) is 4.99 Å². The number of hydrogen-bond acceptors (Lipinski definition) is 4. The van der Waals surface area contributed by atoms with Gasteiger partial charge in [-0.2, -0.15) is 0 Å². The molecule has 1 aliphatic heterocycles. The number of nitrogens with one attached hydrogen (secondary N) is 1. The van der Waals surface area contributed by atoms with Crippen LogP contribution in [0.3, 0.4) is 0 Å². The summed E-state index contributed by atoms with van der Waals surface area (Å²) in [6.07, 6.45) is 0.118. The van der Waals surface area contributed by atoms with Crippen molar-refractivity contribution in [3.8, 4) is 0 Å². The zero-order chi connectivity index (χ0) is 18.7. The molecule has 1 fully saturated rings. The lowest BCUT2D eigenvalue weighted by molar-refractivity contribution is -0.121. The summed E-state index contributed by atoms with van der Waals surface area (Å²) in [6, 6.07) is 13.8. The molecule has 1 N–H and O–H groups in total. The molecule has 8 heteroatoms. The van der Waals surface area contributed by atoms with Crippen molar-refractivity contribution in [2.45, 2.75) is 11.7 Å². The first-order valence-corrected chi connectivity index (χ1v) is 9.40. The molecule has 1 saturated heterocycles. The lowest BCUT2D eigenvalue weighted by Gasteiger charge is -2.15. The van der Waals surface area contributed by atoms with Gasteiger partial charge in [-0.3, -0.25) is 14.6 Å². The Labute approximate surface area is 165 Å². The fourth-order valence-corrected chi connectivity index (χ4v) is 3.72. The Bertz CT molecular complexity index is 854. The SMILES string of the molecule is CN=C(Nc1ccc(Cl)cc1)S[C@H]1CC(=O)N(c2ccc(Cl)cc2)C1=O. The van der Waals surface area contributed by atoms with Crippen LogP contribution < -0.4 is 10.2 Å². The number of thioether (sulfide) groups is 1. The van der Waals surface area contributed by atoms with Crippen LogP contribution in [0.1, 0.15) is 6.42 Å². The van der Waals surface area contributed by atoms with Crippen molar-refractivity contribution in [2.75, 3.05) is 17.3 Å². The summed E-state index contributed by atoms with van der Waals surface area (Å²) < 4.78 is 0. The molecule has 0 spiro atoms. The van der Waals surface area contributed by atoms with E-state index in [0.717, 1.165) is 5.69 Å². The van der Waals surface area contributed by atoms with E-state index in [2.05, 4.69) is 10.3 Å². The number of carbonyl (C=O) groups is 2. The topological polar surface area (TPSA) is 61.8 Å². The fraction of sp³-hybridized carbons (Fsp3) is 0.167. The van der Waals surface area contributed by atoms with Crippen molar-refractivity contribution in [3.63, 3.8) is 0 Å². The lowest BCUT2D eigenvalue weighted by atomic mass is 10.3. The zero-order valence-electron chi connectivity index (χ0n) is 13.8. The van der Waals surface area contributed by atoms with Crippen molar-refractivity contribution < 1.29 is 9.59 Å². The second kappa shape index (κ2) is 8.12. The van der Waals surface area contributed by atoms with Crippen LogP contribution in [-0.4, -0.2) is 29.3 Å². The van der Waals surface area contributed by atoms with Gasteiger partial charge in [0.2, 0.25) is 11.8 Å². The first-order valence-electron chi connectivity index (χ1n) is 7.76. The molecule has 0 bridgehead atoms. The third-order valence-corrected chi connectivity index (χ3v) is 5.41. The summed E-state index contributed by atoms with van der Waals surface area (Å²) in [5, 5.41) is 4.34. The molecule has 5 nitrogen and oxygen atoms in total. The zero-order valence-corrected chi connectivity index (χ0v) is 16.1. The highest BCUT2D eigenvalue weighted by Gasteiger charge is 2.40. The van der Waals surface area contributed by atoms with Gasteiger partial charge in [0.05, 0.1) is 5.69 Å².